The van der Waals surface area contributed by atoms with Gasteiger partial charge < -0.3 is 0 Å². The van der Waals surface area contributed by atoms with Gasteiger partial charge in [-0.15, -0.1) is 0 Å². The van der Waals surface area contributed by atoms with Crippen LogP contribution in [0.4, 0.5) is 43.9 Å². The molecule has 0 nitrogen and oxygen atoms in total. The molecule has 0 atom stereocenters. The maximum atomic E-state index is 11.4. The van der Waals surface area contributed by atoms with E-state index in [0.717, 1.165) is 0 Å². The average Bonchev–Trinajstić information content (AvgIpc) is 2.13. The fourth-order valence-electron chi connectivity index (χ4n) is 0.391. The lowest BCUT2D eigenvalue weighted by atomic mass is 10.4. The van der Waals surface area contributed by atoms with E-state index in [1.807, 2.05) is 0 Å². The van der Waals surface area contributed by atoms with Crippen molar-refractivity contribution < 1.29 is 43.9 Å². The summed E-state index contributed by atoms with van der Waals surface area (Å²) in [5.41, 5.74) is 0. The molecule has 116 valence electrons. The standard InChI is InChI=1S/2C4H3F5.CH4/c2*1-2(5)3(6)4(7,8)9;/h2*1H3;1H4/b3-2+;3-2-;. The van der Waals surface area contributed by atoms with Gasteiger partial charge in [0.15, 0.2) is 0 Å². The molecule has 0 aromatic carbocycles. The molecular weight excluding hydrogens is 298 g/mol. The molecule has 0 heterocycles. The van der Waals surface area contributed by atoms with Crippen LogP contribution in [0.1, 0.15) is 21.3 Å². The molecule has 0 N–H and O–H groups in total. The highest BCUT2D eigenvalue weighted by Crippen LogP contribution is 2.29. The lowest BCUT2D eigenvalue weighted by Gasteiger charge is -2.00. The number of alkyl halides is 6. The summed E-state index contributed by atoms with van der Waals surface area (Å²) in [4.78, 5) is 0. The highest BCUT2D eigenvalue weighted by atomic mass is 19.4. The van der Waals surface area contributed by atoms with Gasteiger partial charge in [0.2, 0.25) is 11.7 Å². The lowest BCUT2D eigenvalue weighted by Crippen LogP contribution is -2.08. The molecule has 0 spiro atoms. The van der Waals surface area contributed by atoms with E-state index in [0.29, 0.717) is 13.8 Å². The molecule has 0 saturated heterocycles. The van der Waals surface area contributed by atoms with E-state index in [-0.39, 0.29) is 7.43 Å². The minimum absolute atomic E-state index is 0. The third-order valence-corrected chi connectivity index (χ3v) is 1.10. The monoisotopic (exact) mass is 308 g/mol. The number of hydrogen-bond donors (Lipinski definition) is 0. The van der Waals surface area contributed by atoms with Crippen LogP contribution in [0.25, 0.3) is 0 Å². The smallest absolute Gasteiger partial charge is 0.209 e. The molecule has 0 saturated carbocycles. The molecule has 0 aliphatic rings. The van der Waals surface area contributed by atoms with E-state index in [4.69, 9.17) is 0 Å². The number of rotatable bonds is 0. The van der Waals surface area contributed by atoms with Crippen molar-refractivity contribution in [2.24, 2.45) is 0 Å². The van der Waals surface area contributed by atoms with Crippen LogP contribution in [0.5, 0.6) is 0 Å². The summed E-state index contributed by atoms with van der Waals surface area (Å²) in [6.07, 6.45) is -10.4. The Morgan fingerprint density at radius 3 is 0.737 bits per heavy atom. The first kappa shape index (κ1) is 22.9. The fraction of sp³-hybridized carbons (Fsp3) is 0.556. The summed E-state index contributed by atoms with van der Waals surface area (Å²) < 4.78 is 112. The first-order chi connectivity index (χ1) is 7.71. The molecule has 10 heteroatoms. The Labute approximate surface area is 102 Å². The maximum Gasteiger partial charge on any atom is 0.445 e. The van der Waals surface area contributed by atoms with Crippen molar-refractivity contribution in [3.8, 4) is 0 Å². The van der Waals surface area contributed by atoms with Gasteiger partial charge in [0, 0.05) is 0 Å². The molecule has 0 radical (unpaired) electrons. The van der Waals surface area contributed by atoms with E-state index < -0.39 is 35.7 Å². The Morgan fingerprint density at radius 1 is 0.579 bits per heavy atom. The predicted molar refractivity (Wildman–Crippen MR) is 48.7 cm³/mol. The van der Waals surface area contributed by atoms with Gasteiger partial charge in [-0.3, -0.25) is 0 Å². The number of halogens is 10. The second kappa shape index (κ2) is 8.05. The van der Waals surface area contributed by atoms with Crippen molar-refractivity contribution in [1.82, 2.24) is 0 Å². The normalized spacial score (nSPS) is 14.5. The molecule has 0 rings (SSSR count). The topological polar surface area (TPSA) is 0 Å². The molecule has 0 aromatic rings. The van der Waals surface area contributed by atoms with Crippen LogP contribution < -0.4 is 0 Å². The zero-order chi connectivity index (χ0) is 15.3. The van der Waals surface area contributed by atoms with Crippen LogP contribution in [0.2, 0.25) is 0 Å². The van der Waals surface area contributed by atoms with Crippen molar-refractivity contribution in [1.29, 1.82) is 0 Å². The minimum atomic E-state index is -5.18. The van der Waals surface area contributed by atoms with Crippen molar-refractivity contribution in [3.63, 3.8) is 0 Å². The molecule has 19 heavy (non-hydrogen) atoms. The summed E-state index contributed by atoms with van der Waals surface area (Å²) in [7, 11) is 0. The van der Waals surface area contributed by atoms with Gasteiger partial charge in [0.25, 0.3) is 0 Å². The third kappa shape index (κ3) is 10.4. The van der Waals surface area contributed by atoms with Gasteiger partial charge >= 0.3 is 12.4 Å². The Morgan fingerprint density at radius 2 is 0.737 bits per heavy atom. The van der Waals surface area contributed by atoms with Crippen LogP contribution in [0, 0.1) is 0 Å². The Hall–Kier alpha value is -1.22. The molecule has 0 fully saturated rings. The first-order valence-electron chi connectivity index (χ1n) is 3.89. The van der Waals surface area contributed by atoms with E-state index in [1.165, 1.54) is 0 Å². The van der Waals surface area contributed by atoms with E-state index in [2.05, 4.69) is 0 Å². The van der Waals surface area contributed by atoms with Crippen LogP contribution in [-0.2, 0) is 0 Å². The SMILES string of the molecule is C.C/C(F)=C(/F)C(F)(F)F.C/C(F)=C(\F)C(F)(F)F. The van der Waals surface area contributed by atoms with Crippen LogP contribution in [-0.4, -0.2) is 12.4 Å². The summed E-state index contributed by atoms with van der Waals surface area (Å²) in [6.45, 7) is 0.811. The van der Waals surface area contributed by atoms with Crippen LogP contribution in [0.15, 0.2) is 23.3 Å². The van der Waals surface area contributed by atoms with Crippen molar-refractivity contribution >= 4 is 0 Å². The van der Waals surface area contributed by atoms with E-state index >= 15 is 0 Å². The fourth-order valence-corrected chi connectivity index (χ4v) is 0.391. The largest absolute Gasteiger partial charge is 0.445 e. The molecular formula is C9H10F10. The Kier molecular flexibility index (Phi) is 9.71. The second-order valence-corrected chi connectivity index (χ2v) is 2.69. The van der Waals surface area contributed by atoms with Crippen molar-refractivity contribution in [2.75, 3.05) is 0 Å². The number of allylic oxidation sites excluding steroid dienone is 4. The third-order valence-electron chi connectivity index (χ3n) is 1.10. The van der Waals surface area contributed by atoms with Gasteiger partial charge in [-0.05, 0) is 13.8 Å². The molecule has 0 aromatic heterocycles. The second-order valence-electron chi connectivity index (χ2n) is 2.69. The quantitative estimate of drug-likeness (QED) is 0.476. The highest BCUT2D eigenvalue weighted by molar-refractivity contribution is 5.03. The summed E-state index contributed by atoms with van der Waals surface area (Å²) >= 11 is 0. The Bertz CT molecular complexity index is 288. The molecule has 0 aliphatic heterocycles. The predicted octanol–water partition coefficient (Wildman–Crippen LogP) is 6.07. The summed E-state index contributed by atoms with van der Waals surface area (Å²) in [6, 6.07) is 0. The minimum Gasteiger partial charge on any atom is -0.209 e. The van der Waals surface area contributed by atoms with E-state index in [9.17, 15) is 43.9 Å². The van der Waals surface area contributed by atoms with Crippen LogP contribution >= 0.6 is 0 Å². The van der Waals surface area contributed by atoms with Gasteiger partial charge in [0.05, 0.1) is 0 Å². The summed E-state index contributed by atoms with van der Waals surface area (Å²) in [5.74, 6) is -9.02. The van der Waals surface area contributed by atoms with Gasteiger partial charge in [0.1, 0.15) is 11.7 Å². The first-order valence-corrected chi connectivity index (χ1v) is 3.89. The zero-order valence-corrected chi connectivity index (χ0v) is 8.78. The number of hydrogen-bond acceptors (Lipinski definition) is 0. The lowest BCUT2D eigenvalue weighted by molar-refractivity contribution is -0.111. The molecule has 0 aliphatic carbocycles. The Balaban J connectivity index is -0.000000256. The average molecular weight is 308 g/mol. The van der Waals surface area contributed by atoms with Crippen LogP contribution in [0.3, 0.4) is 0 Å². The molecule has 0 amide bonds. The van der Waals surface area contributed by atoms with Gasteiger partial charge in [-0.25, -0.2) is 8.78 Å². The summed E-state index contributed by atoms with van der Waals surface area (Å²) in [5, 5.41) is 0. The highest BCUT2D eigenvalue weighted by Gasteiger charge is 2.37. The van der Waals surface area contributed by atoms with Gasteiger partial charge in [-0.2, -0.15) is 35.1 Å². The van der Waals surface area contributed by atoms with E-state index in [1.54, 1.807) is 0 Å². The molecule has 0 unspecified atom stereocenters. The molecule has 0 bridgehead atoms. The maximum absolute atomic E-state index is 11.4. The van der Waals surface area contributed by atoms with Crippen molar-refractivity contribution in [2.45, 2.75) is 33.6 Å². The van der Waals surface area contributed by atoms with Gasteiger partial charge in [-0.1, -0.05) is 7.43 Å². The zero-order valence-electron chi connectivity index (χ0n) is 8.78. The van der Waals surface area contributed by atoms with Crippen molar-refractivity contribution in [3.05, 3.63) is 23.3 Å².